The van der Waals surface area contributed by atoms with Gasteiger partial charge in [-0.05, 0) is 26.9 Å². The third kappa shape index (κ3) is 2.07. The maximum absolute atomic E-state index is 4.30. The molecule has 1 aromatic heterocycles. The first-order chi connectivity index (χ1) is 7.64. The van der Waals surface area contributed by atoms with Crippen LogP contribution in [0.3, 0.4) is 0 Å². The van der Waals surface area contributed by atoms with E-state index in [-0.39, 0.29) is 0 Å². The molecular formula is C12H22N4. The first-order valence-electron chi connectivity index (χ1n) is 6.03. The smallest absolute Gasteiger partial charge is 0.202 e. The zero-order valence-electron chi connectivity index (χ0n) is 10.5. The molecule has 1 aliphatic rings. The van der Waals surface area contributed by atoms with Gasteiger partial charge in [0.05, 0.1) is 0 Å². The topological polar surface area (TPSA) is 33.1 Å². The van der Waals surface area contributed by atoms with Gasteiger partial charge in [0, 0.05) is 31.5 Å². The largest absolute Gasteiger partial charge is 0.354 e. The average Bonchev–Trinajstić information content (AvgIpc) is 2.84. The second-order valence-corrected chi connectivity index (χ2v) is 5.04. The van der Waals surface area contributed by atoms with E-state index in [2.05, 4.69) is 29.3 Å². The molecular weight excluding hydrogens is 200 g/mol. The Kier molecular flexibility index (Phi) is 3.19. The minimum atomic E-state index is 0.325. The maximum atomic E-state index is 4.30. The van der Waals surface area contributed by atoms with Crippen molar-refractivity contribution in [2.45, 2.75) is 31.2 Å². The maximum Gasteiger partial charge on any atom is 0.202 e. The first-order valence-corrected chi connectivity index (χ1v) is 6.03. The van der Waals surface area contributed by atoms with Gasteiger partial charge < -0.3 is 14.8 Å². The van der Waals surface area contributed by atoms with Crippen LogP contribution in [0.5, 0.6) is 0 Å². The molecule has 0 atom stereocenters. The number of nitrogens with one attached hydrogen (secondary N) is 1. The van der Waals surface area contributed by atoms with E-state index in [1.165, 1.54) is 25.7 Å². The average molecular weight is 222 g/mol. The molecule has 0 aliphatic heterocycles. The predicted molar refractivity (Wildman–Crippen MR) is 66.6 cm³/mol. The molecule has 0 amide bonds. The van der Waals surface area contributed by atoms with Gasteiger partial charge in [0.1, 0.15) is 0 Å². The van der Waals surface area contributed by atoms with Gasteiger partial charge in [-0.3, -0.25) is 0 Å². The highest BCUT2D eigenvalue weighted by atomic mass is 15.2. The van der Waals surface area contributed by atoms with Crippen molar-refractivity contribution in [2.75, 3.05) is 26.0 Å². The van der Waals surface area contributed by atoms with Crippen LogP contribution in [0.1, 0.15) is 25.7 Å². The van der Waals surface area contributed by atoms with Crippen LogP contribution in [0, 0.1) is 0 Å². The molecule has 0 spiro atoms. The fourth-order valence-electron chi connectivity index (χ4n) is 2.59. The summed E-state index contributed by atoms with van der Waals surface area (Å²) in [6.45, 7) is 0.991. The van der Waals surface area contributed by atoms with Crippen molar-refractivity contribution in [1.29, 1.82) is 0 Å². The van der Waals surface area contributed by atoms with Gasteiger partial charge in [-0.1, -0.05) is 12.8 Å². The standard InChI is InChI=1S/C12H22N4/c1-15(2)12(6-4-5-7-12)10-14-11-13-8-9-16(11)3/h8-9H,4-7,10H2,1-3H3,(H,13,14). The van der Waals surface area contributed by atoms with Crippen LogP contribution in [-0.2, 0) is 7.05 Å². The summed E-state index contributed by atoms with van der Waals surface area (Å²) in [6, 6.07) is 0. The summed E-state index contributed by atoms with van der Waals surface area (Å²) < 4.78 is 2.03. The lowest BCUT2D eigenvalue weighted by molar-refractivity contribution is 0.172. The highest BCUT2D eigenvalue weighted by molar-refractivity contribution is 5.26. The van der Waals surface area contributed by atoms with Crippen LogP contribution in [0.2, 0.25) is 0 Å². The highest BCUT2D eigenvalue weighted by Crippen LogP contribution is 2.33. The number of hydrogen-bond donors (Lipinski definition) is 1. The number of nitrogens with zero attached hydrogens (tertiary/aromatic N) is 3. The summed E-state index contributed by atoms with van der Waals surface area (Å²) in [5, 5.41) is 3.47. The van der Waals surface area contributed by atoms with E-state index in [0.29, 0.717) is 5.54 Å². The van der Waals surface area contributed by atoms with Crippen molar-refractivity contribution >= 4 is 5.95 Å². The highest BCUT2D eigenvalue weighted by Gasteiger charge is 2.35. The predicted octanol–water partition coefficient (Wildman–Crippen LogP) is 1.71. The molecule has 1 aliphatic carbocycles. The molecule has 1 N–H and O–H groups in total. The Morgan fingerprint density at radius 3 is 2.62 bits per heavy atom. The molecule has 0 unspecified atom stereocenters. The lowest BCUT2D eigenvalue weighted by Gasteiger charge is -2.36. The number of imidazole rings is 1. The van der Waals surface area contributed by atoms with Gasteiger partial charge in [-0.15, -0.1) is 0 Å². The van der Waals surface area contributed by atoms with E-state index in [1.54, 1.807) is 0 Å². The second kappa shape index (κ2) is 4.45. The summed E-state index contributed by atoms with van der Waals surface area (Å²) >= 11 is 0. The molecule has 0 aromatic carbocycles. The molecule has 1 aromatic rings. The Balaban J connectivity index is 2.00. The molecule has 2 rings (SSSR count). The van der Waals surface area contributed by atoms with Crippen molar-refractivity contribution in [3.05, 3.63) is 12.4 Å². The third-order valence-electron chi connectivity index (χ3n) is 3.88. The summed E-state index contributed by atoms with van der Waals surface area (Å²) in [7, 11) is 6.39. The normalized spacial score (nSPS) is 19.2. The van der Waals surface area contributed by atoms with E-state index in [1.807, 2.05) is 24.0 Å². The lowest BCUT2D eigenvalue weighted by atomic mass is 9.96. The minimum Gasteiger partial charge on any atom is -0.354 e. The SMILES string of the molecule is CN(C)C1(CNc2nccn2C)CCCC1. The van der Waals surface area contributed by atoms with Crippen molar-refractivity contribution < 1.29 is 0 Å². The Labute approximate surface area is 97.7 Å². The lowest BCUT2D eigenvalue weighted by Crippen LogP contribution is -2.47. The zero-order chi connectivity index (χ0) is 11.6. The van der Waals surface area contributed by atoms with E-state index in [0.717, 1.165) is 12.5 Å². The first kappa shape index (κ1) is 11.5. The van der Waals surface area contributed by atoms with Crippen LogP contribution >= 0.6 is 0 Å². The summed E-state index contributed by atoms with van der Waals surface area (Å²) in [6.07, 6.45) is 9.08. The van der Waals surface area contributed by atoms with Crippen molar-refractivity contribution in [2.24, 2.45) is 7.05 Å². The summed E-state index contributed by atoms with van der Waals surface area (Å²) in [4.78, 5) is 6.67. The molecule has 1 saturated carbocycles. The number of likely N-dealkylation sites (N-methyl/N-ethyl adjacent to an activating group) is 1. The van der Waals surface area contributed by atoms with Gasteiger partial charge >= 0.3 is 0 Å². The number of hydrogen-bond acceptors (Lipinski definition) is 3. The zero-order valence-corrected chi connectivity index (χ0v) is 10.5. The number of rotatable bonds is 4. The molecule has 90 valence electrons. The van der Waals surface area contributed by atoms with E-state index in [9.17, 15) is 0 Å². The van der Waals surface area contributed by atoms with Crippen molar-refractivity contribution in [3.63, 3.8) is 0 Å². The fraction of sp³-hybridized carbons (Fsp3) is 0.750. The van der Waals surface area contributed by atoms with Gasteiger partial charge in [0.2, 0.25) is 5.95 Å². The van der Waals surface area contributed by atoms with Crippen LogP contribution in [-0.4, -0.2) is 40.6 Å². The Hall–Kier alpha value is -1.03. The number of aromatic nitrogens is 2. The molecule has 0 saturated heterocycles. The molecule has 1 fully saturated rings. The van der Waals surface area contributed by atoms with Gasteiger partial charge in [-0.25, -0.2) is 4.98 Å². The molecule has 4 nitrogen and oxygen atoms in total. The Morgan fingerprint density at radius 1 is 1.44 bits per heavy atom. The quantitative estimate of drug-likeness (QED) is 0.842. The van der Waals surface area contributed by atoms with Gasteiger partial charge in [0.15, 0.2) is 0 Å². The number of aryl methyl sites for hydroxylation is 1. The van der Waals surface area contributed by atoms with Crippen molar-refractivity contribution in [1.82, 2.24) is 14.5 Å². The van der Waals surface area contributed by atoms with Gasteiger partial charge in [-0.2, -0.15) is 0 Å². The molecule has 16 heavy (non-hydrogen) atoms. The second-order valence-electron chi connectivity index (χ2n) is 5.04. The van der Waals surface area contributed by atoms with Crippen LogP contribution in [0.4, 0.5) is 5.95 Å². The summed E-state index contributed by atoms with van der Waals surface area (Å²) in [5.41, 5.74) is 0.325. The molecule has 0 bridgehead atoms. The van der Waals surface area contributed by atoms with Crippen LogP contribution in [0.15, 0.2) is 12.4 Å². The van der Waals surface area contributed by atoms with E-state index < -0.39 is 0 Å². The summed E-state index contributed by atoms with van der Waals surface area (Å²) in [5.74, 6) is 0.966. The Bertz CT molecular complexity index is 337. The molecule has 4 heteroatoms. The Morgan fingerprint density at radius 2 is 2.12 bits per heavy atom. The van der Waals surface area contributed by atoms with Crippen LogP contribution in [0.25, 0.3) is 0 Å². The van der Waals surface area contributed by atoms with Crippen molar-refractivity contribution in [3.8, 4) is 0 Å². The van der Waals surface area contributed by atoms with Gasteiger partial charge in [0.25, 0.3) is 0 Å². The fourth-order valence-corrected chi connectivity index (χ4v) is 2.59. The van der Waals surface area contributed by atoms with E-state index in [4.69, 9.17) is 0 Å². The minimum absolute atomic E-state index is 0.325. The van der Waals surface area contributed by atoms with Crippen LogP contribution < -0.4 is 5.32 Å². The number of anilines is 1. The van der Waals surface area contributed by atoms with E-state index >= 15 is 0 Å². The molecule has 0 radical (unpaired) electrons. The molecule has 1 heterocycles. The third-order valence-corrected chi connectivity index (χ3v) is 3.88. The monoisotopic (exact) mass is 222 g/mol.